The molecule has 1 heterocycles. The molecule has 1 amide bonds. The number of carbonyl (C=O) groups is 2. The van der Waals surface area contributed by atoms with Gasteiger partial charge in [0.2, 0.25) is 0 Å². The summed E-state index contributed by atoms with van der Waals surface area (Å²) in [7, 11) is 3.25. The van der Waals surface area contributed by atoms with Crippen molar-refractivity contribution in [2.75, 3.05) is 7.11 Å². The highest BCUT2D eigenvalue weighted by Gasteiger charge is 2.26. The minimum atomic E-state index is -0.810. The smallest absolute Gasteiger partial charge is 0.408 e. The van der Waals surface area contributed by atoms with Crippen LogP contribution in [0.2, 0.25) is 0 Å². The van der Waals surface area contributed by atoms with Gasteiger partial charge in [-0.25, -0.2) is 9.59 Å². The highest BCUT2D eigenvalue weighted by atomic mass is 16.6. The Morgan fingerprint density at radius 2 is 1.92 bits per heavy atom. The zero-order valence-corrected chi connectivity index (χ0v) is 14.8. The van der Waals surface area contributed by atoms with Gasteiger partial charge in [0.1, 0.15) is 11.6 Å². The maximum Gasteiger partial charge on any atom is 0.408 e. The van der Waals surface area contributed by atoms with Crippen LogP contribution in [0.1, 0.15) is 26.3 Å². The van der Waals surface area contributed by atoms with Crippen molar-refractivity contribution in [3.8, 4) is 0 Å². The van der Waals surface area contributed by atoms with Crippen LogP contribution in [0, 0.1) is 0 Å². The molecule has 1 N–H and O–H groups in total. The molecule has 0 aliphatic carbocycles. The van der Waals surface area contributed by atoms with Gasteiger partial charge in [-0.3, -0.25) is 0 Å². The number of hydrogen-bond acceptors (Lipinski definition) is 4. The van der Waals surface area contributed by atoms with Gasteiger partial charge in [-0.1, -0.05) is 18.2 Å². The van der Waals surface area contributed by atoms with Crippen molar-refractivity contribution in [3.05, 3.63) is 36.0 Å². The summed E-state index contributed by atoms with van der Waals surface area (Å²) in [5.41, 5.74) is 1.39. The van der Waals surface area contributed by atoms with Crippen molar-refractivity contribution in [1.29, 1.82) is 0 Å². The molecule has 0 saturated carbocycles. The molecule has 0 aliphatic rings. The summed E-state index contributed by atoms with van der Waals surface area (Å²) < 4.78 is 12.0. The molecule has 6 nitrogen and oxygen atoms in total. The van der Waals surface area contributed by atoms with E-state index in [0.717, 1.165) is 16.5 Å². The average molecular weight is 332 g/mol. The third-order valence-corrected chi connectivity index (χ3v) is 3.58. The van der Waals surface area contributed by atoms with E-state index in [2.05, 4.69) is 5.32 Å². The number of methoxy groups -OCH3 is 1. The number of alkyl carbamates (subject to hydrolysis) is 1. The van der Waals surface area contributed by atoms with E-state index < -0.39 is 23.7 Å². The molecule has 0 spiro atoms. The molecule has 1 atom stereocenters. The maximum absolute atomic E-state index is 12.1. The number of nitrogens with one attached hydrogen (secondary N) is 1. The Balaban J connectivity index is 2.22. The maximum atomic E-state index is 12.1. The number of para-hydroxylation sites is 1. The molecule has 0 fully saturated rings. The van der Waals surface area contributed by atoms with E-state index in [4.69, 9.17) is 9.47 Å². The van der Waals surface area contributed by atoms with Crippen LogP contribution >= 0.6 is 0 Å². The molecule has 1 aromatic carbocycles. The van der Waals surface area contributed by atoms with E-state index in [-0.39, 0.29) is 0 Å². The predicted molar refractivity (Wildman–Crippen MR) is 91.8 cm³/mol. The number of hydrogen-bond donors (Lipinski definition) is 1. The summed E-state index contributed by atoms with van der Waals surface area (Å²) >= 11 is 0. The van der Waals surface area contributed by atoms with E-state index in [0.29, 0.717) is 6.42 Å². The van der Waals surface area contributed by atoms with E-state index in [9.17, 15) is 9.59 Å². The molecule has 0 bridgehead atoms. The normalized spacial score (nSPS) is 12.7. The van der Waals surface area contributed by atoms with Gasteiger partial charge >= 0.3 is 12.1 Å². The lowest BCUT2D eigenvalue weighted by atomic mass is 10.1. The molecule has 130 valence electrons. The highest BCUT2D eigenvalue weighted by Crippen LogP contribution is 2.22. The first kappa shape index (κ1) is 17.8. The Morgan fingerprint density at radius 3 is 2.54 bits per heavy atom. The molecule has 2 rings (SSSR count). The molecule has 0 unspecified atom stereocenters. The van der Waals surface area contributed by atoms with E-state index in [1.54, 1.807) is 20.8 Å². The number of aryl methyl sites for hydroxylation is 1. The van der Waals surface area contributed by atoms with Crippen molar-refractivity contribution in [3.63, 3.8) is 0 Å². The fraction of sp³-hybridized carbons (Fsp3) is 0.444. The monoisotopic (exact) mass is 332 g/mol. The summed E-state index contributed by atoms with van der Waals surface area (Å²) in [6.45, 7) is 5.30. The van der Waals surface area contributed by atoms with Gasteiger partial charge < -0.3 is 19.4 Å². The fourth-order valence-electron chi connectivity index (χ4n) is 2.59. The molecule has 0 saturated heterocycles. The predicted octanol–water partition coefficient (Wildman–Crippen LogP) is 2.79. The Hall–Kier alpha value is -2.50. The second-order valence-corrected chi connectivity index (χ2v) is 6.71. The lowest BCUT2D eigenvalue weighted by molar-refractivity contribution is -0.143. The number of esters is 1. The first-order valence-corrected chi connectivity index (χ1v) is 7.81. The van der Waals surface area contributed by atoms with E-state index in [1.165, 1.54) is 7.11 Å². The fourth-order valence-corrected chi connectivity index (χ4v) is 2.59. The number of amides is 1. The van der Waals surface area contributed by atoms with Gasteiger partial charge in [0.05, 0.1) is 7.11 Å². The molecular weight excluding hydrogens is 308 g/mol. The Bertz CT molecular complexity index is 743. The lowest BCUT2D eigenvalue weighted by Gasteiger charge is -2.22. The number of aromatic nitrogens is 1. The van der Waals surface area contributed by atoms with E-state index >= 15 is 0 Å². The summed E-state index contributed by atoms with van der Waals surface area (Å²) in [4.78, 5) is 24.1. The molecule has 24 heavy (non-hydrogen) atoms. The molecule has 6 heteroatoms. The standard InChI is InChI=1S/C18H24N2O4/c1-18(2,3)24-17(22)19-14(16(21)23-5)10-12-11-20(4)15-9-7-6-8-13(12)15/h6-9,11,14H,10H2,1-5H3,(H,19,22)/t14-/m0/s1. The van der Waals surface area contributed by atoms with Gasteiger partial charge in [-0.15, -0.1) is 0 Å². The van der Waals surface area contributed by atoms with Crippen LogP contribution in [0.25, 0.3) is 10.9 Å². The third-order valence-electron chi connectivity index (χ3n) is 3.58. The Kier molecular flexibility index (Phi) is 5.17. The van der Waals surface area contributed by atoms with Crippen LogP contribution in [0.15, 0.2) is 30.5 Å². The average Bonchev–Trinajstić information content (AvgIpc) is 2.81. The Labute approximate surface area is 141 Å². The van der Waals surface area contributed by atoms with Crippen LogP contribution in [-0.2, 0) is 27.7 Å². The van der Waals surface area contributed by atoms with Crippen LogP contribution < -0.4 is 5.32 Å². The summed E-state index contributed by atoms with van der Waals surface area (Å²) in [6, 6.07) is 7.10. The molecule has 1 aromatic heterocycles. The quantitative estimate of drug-likeness (QED) is 0.874. The van der Waals surface area contributed by atoms with Crippen molar-refractivity contribution < 1.29 is 19.1 Å². The molecule has 0 radical (unpaired) electrons. The highest BCUT2D eigenvalue weighted by molar-refractivity contribution is 5.86. The second kappa shape index (κ2) is 6.95. The summed E-state index contributed by atoms with van der Waals surface area (Å²) in [5, 5.41) is 3.64. The second-order valence-electron chi connectivity index (χ2n) is 6.71. The topological polar surface area (TPSA) is 69.6 Å². The van der Waals surface area contributed by atoms with Crippen LogP contribution in [-0.4, -0.2) is 35.4 Å². The number of ether oxygens (including phenoxy) is 2. The van der Waals surface area contributed by atoms with Crippen LogP contribution in [0.5, 0.6) is 0 Å². The van der Waals surface area contributed by atoms with Crippen molar-refractivity contribution >= 4 is 23.0 Å². The molecule has 0 aliphatic heterocycles. The van der Waals surface area contributed by atoms with Crippen LogP contribution in [0.3, 0.4) is 0 Å². The number of benzene rings is 1. The van der Waals surface area contributed by atoms with Gasteiger partial charge in [0, 0.05) is 30.6 Å². The number of rotatable bonds is 4. The number of carbonyl (C=O) groups excluding carboxylic acids is 2. The SMILES string of the molecule is COC(=O)[C@H](Cc1cn(C)c2ccccc12)NC(=O)OC(C)(C)C. The largest absolute Gasteiger partial charge is 0.467 e. The first-order valence-electron chi connectivity index (χ1n) is 7.81. The minimum Gasteiger partial charge on any atom is -0.467 e. The van der Waals surface area contributed by atoms with Crippen molar-refractivity contribution in [1.82, 2.24) is 9.88 Å². The van der Waals surface area contributed by atoms with Gasteiger partial charge in [-0.2, -0.15) is 0 Å². The summed E-state index contributed by atoms with van der Waals surface area (Å²) in [5.74, 6) is -0.506. The minimum absolute atomic E-state index is 0.327. The van der Waals surface area contributed by atoms with Gasteiger partial charge in [0.15, 0.2) is 0 Å². The lowest BCUT2D eigenvalue weighted by Crippen LogP contribution is -2.45. The number of nitrogens with zero attached hydrogens (tertiary/aromatic N) is 1. The van der Waals surface area contributed by atoms with Crippen molar-refractivity contribution in [2.45, 2.75) is 38.8 Å². The summed E-state index contributed by atoms with van der Waals surface area (Å²) in [6.07, 6.45) is 1.64. The zero-order valence-electron chi connectivity index (χ0n) is 14.8. The van der Waals surface area contributed by atoms with Crippen LogP contribution in [0.4, 0.5) is 4.79 Å². The van der Waals surface area contributed by atoms with Crippen molar-refractivity contribution in [2.24, 2.45) is 7.05 Å². The molecule has 2 aromatic rings. The third kappa shape index (κ3) is 4.28. The number of fused-ring (bicyclic) bond motifs is 1. The zero-order chi connectivity index (χ0) is 17.9. The van der Waals surface area contributed by atoms with Gasteiger partial charge in [-0.05, 0) is 32.4 Å². The first-order chi connectivity index (χ1) is 11.2. The van der Waals surface area contributed by atoms with Gasteiger partial charge in [0.25, 0.3) is 0 Å². The van der Waals surface area contributed by atoms with E-state index in [1.807, 2.05) is 42.1 Å². The molecular formula is C18H24N2O4. The Morgan fingerprint density at radius 1 is 1.25 bits per heavy atom.